The number of hydrogen-bond acceptors (Lipinski definition) is 5. The molecule has 1 aromatic rings. The fraction of sp³-hybridized carbons (Fsp3) is 0.538. The summed E-state index contributed by atoms with van der Waals surface area (Å²) in [7, 11) is 0. The first-order valence-corrected chi connectivity index (χ1v) is 6.37. The molecule has 1 aliphatic heterocycles. The van der Waals surface area contributed by atoms with E-state index in [1.54, 1.807) is 0 Å². The van der Waals surface area contributed by atoms with Crippen LogP contribution < -0.4 is 4.90 Å². The van der Waals surface area contributed by atoms with Gasteiger partial charge < -0.3 is 10.0 Å². The van der Waals surface area contributed by atoms with Crippen molar-refractivity contribution in [2.24, 2.45) is 11.3 Å². The van der Waals surface area contributed by atoms with Crippen molar-refractivity contribution in [3.63, 3.8) is 0 Å². The minimum absolute atomic E-state index is 0.151. The van der Waals surface area contributed by atoms with E-state index >= 15 is 0 Å². The molecule has 6 nitrogen and oxygen atoms in total. The lowest BCUT2D eigenvalue weighted by molar-refractivity contribution is -0.149. The molecule has 2 fully saturated rings. The first-order valence-electron chi connectivity index (χ1n) is 6.37. The van der Waals surface area contributed by atoms with Crippen LogP contribution in [0.2, 0.25) is 0 Å². The summed E-state index contributed by atoms with van der Waals surface area (Å²) in [6, 6.07) is 2.02. The Kier molecular flexibility index (Phi) is 2.63. The number of carboxylic acid groups (broad SMARTS) is 1. The third-order valence-corrected chi connectivity index (χ3v) is 4.38. The molecule has 0 unspecified atom stereocenters. The molecule has 1 aromatic heterocycles. The van der Waals surface area contributed by atoms with Crippen molar-refractivity contribution < 1.29 is 9.90 Å². The number of nitrogens with zero attached hydrogens (tertiary/aromatic N) is 4. The summed E-state index contributed by atoms with van der Waals surface area (Å²) in [6.07, 6.45) is 5.64. The number of aliphatic carboxylic acids is 1. The summed E-state index contributed by atoms with van der Waals surface area (Å²) in [5, 5.41) is 18.6. The Morgan fingerprint density at radius 3 is 3.00 bits per heavy atom. The normalized spacial score (nSPS) is 29.0. The second kappa shape index (κ2) is 4.19. The molecule has 1 aliphatic carbocycles. The number of nitriles is 1. The van der Waals surface area contributed by atoms with Crippen LogP contribution >= 0.6 is 0 Å². The van der Waals surface area contributed by atoms with Gasteiger partial charge in [-0.05, 0) is 18.8 Å². The van der Waals surface area contributed by atoms with E-state index in [0.29, 0.717) is 25.3 Å². The maximum absolute atomic E-state index is 11.6. The van der Waals surface area contributed by atoms with Crippen LogP contribution in [0.3, 0.4) is 0 Å². The Balaban J connectivity index is 1.94. The van der Waals surface area contributed by atoms with Crippen molar-refractivity contribution in [1.82, 2.24) is 9.97 Å². The summed E-state index contributed by atoms with van der Waals surface area (Å²) < 4.78 is 0. The molecule has 6 heteroatoms. The summed E-state index contributed by atoms with van der Waals surface area (Å²) in [5.74, 6) is -0.0570. The lowest BCUT2D eigenvalue weighted by Gasteiger charge is -2.23. The third-order valence-electron chi connectivity index (χ3n) is 4.38. The van der Waals surface area contributed by atoms with Crippen LogP contribution in [0.1, 0.15) is 25.0 Å². The number of rotatable bonds is 2. The van der Waals surface area contributed by atoms with Gasteiger partial charge in [0.1, 0.15) is 6.07 Å². The summed E-state index contributed by atoms with van der Waals surface area (Å²) in [5.41, 5.74) is -0.396. The minimum Gasteiger partial charge on any atom is -0.481 e. The molecule has 0 spiro atoms. The molecular formula is C13H14N4O2. The van der Waals surface area contributed by atoms with Gasteiger partial charge in [0.25, 0.3) is 0 Å². The third kappa shape index (κ3) is 1.65. The predicted octanol–water partition coefficient (Wildman–Crippen LogP) is 1.04. The van der Waals surface area contributed by atoms with Gasteiger partial charge in [0, 0.05) is 25.5 Å². The van der Waals surface area contributed by atoms with Gasteiger partial charge in [-0.25, -0.2) is 9.97 Å². The zero-order valence-corrected chi connectivity index (χ0v) is 10.4. The van der Waals surface area contributed by atoms with Gasteiger partial charge in [0.15, 0.2) is 11.5 Å². The van der Waals surface area contributed by atoms with Crippen molar-refractivity contribution in [2.45, 2.75) is 19.3 Å². The van der Waals surface area contributed by atoms with E-state index < -0.39 is 11.4 Å². The molecule has 0 amide bonds. The van der Waals surface area contributed by atoms with Gasteiger partial charge in [0.2, 0.25) is 0 Å². The van der Waals surface area contributed by atoms with Gasteiger partial charge in [-0.15, -0.1) is 0 Å². The van der Waals surface area contributed by atoms with Crippen molar-refractivity contribution in [3.05, 3.63) is 18.1 Å². The van der Waals surface area contributed by atoms with Gasteiger partial charge in [-0.1, -0.05) is 6.42 Å². The van der Waals surface area contributed by atoms with Crippen LogP contribution in [0.15, 0.2) is 12.4 Å². The van der Waals surface area contributed by atoms with E-state index in [4.69, 9.17) is 5.26 Å². The average molecular weight is 258 g/mol. The molecule has 1 saturated heterocycles. The number of hydrogen-bond donors (Lipinski definition) is 1. The van der Waals surface area contributed by atoms with Gasteiger partial charge in [0.05, 0.1) is 5.41 Å². The van der Waals surface area contributed by atoms with Gasteiger partial charge in [-0.2, -0.15) is 5.26 Å². The molecule has 2 atom stereocenters. The molecule has 3 rings (SSSR count). The van der Waals surface area contributed by atoms with E-state index in [-0.39, 0.29) is 11.6 Å². The zero-order valence-electron chi connectivity index (χ0n) is 10.4. The lowest BCUT2D eigenvalue weighted by Crippen LogP contribution is -2.36. The van der Waals surface area contributed by atoms with E-state index in [2.05, 4.69) is 9.97 Å². The SMILES string of the molecule is N#Cc1nccnc1N1C[C@@H]2CCC[C@@]2(C(=O)O)C1. The van der Waals surface area contributed by atoms with E-state index in [0.717, 1.165) is 12.8 Å². The van der Waals surface area contributed by atoms with Crippen LogP contribution in [0.25, 0.3) is 0 Å². The monoisotopic (exact) mass is 258 g/mol. The molecule has 0 aromatic carbocycles. The standard InChI is InChI=1S/C13H14N4O2/c14-6-10-11(16-5-4-15-10)17-7-9-2-1-3-13(9,8-17)12(18)19/h4-5,9H,1-3,7-8H2,(H,18,19)/t9-,13+/m0/s1. The van der Waals surface area contributed by atoms with E-state index in [9.17, 15) is 9.90 Å². The van der Waals surface area contributed by atoms with Crippen LogP contribution in [-0.2, 0) is 4.79 Å². The minimum atomic E-state index is -0.722. The topological polar surface area (TPSA) is 90.1 Å². The molecule has 1 saturated carbocycles. The number of carbonyl (C=O) groups is 1. The fourth-order valence-electron chi connectivity index (χ4n) is 3.44. The Labute approximate surface area is 110 Å². The van der Waals surface area contributed by atoms with Crippen molar-refractivity contribution >= 4 is 11.8 Å². The largest absolute Gasteiger partial charge is 0.481 e. The number of aromatic nitrogens is 2. The van der Waals surface area contributed by atoms with Gasteiger partial charge >= 0.3 is 5.97 Å². The second-order valence-electron chi connectivity index (χ2n) is 5.27. The van der Waals surface area contributed by atoms with Gasteiger partial charge in [-0.3, -0.25) is 4.79 Å². The highest BCUT2D eigenvalue weighted by Gasteiger charge is 2.55. The van der Waals surface area contributed by atoms with Crippen LogP contribution in [0.5, 0.6) is 0 Å². The summed E-state index contributed by atoms with van der Waals surface area (Å²) in [6.45, 7) is 1.08. The first-order chi connectivity index (χ1) is 9.17. The first kappa shape index (κ1) is 11.9. The maximum atomic E-state index is 11.6. The molecule has 2 heterocycles. The summed E-state index contributed by atoms with van der Waals surface area (Å²) in [4.78, 5) is 21.7. The Morgan fingerprint density at radius 1 is 1.53 bits per heavy atom. The maximum Gasteiger partial charge on any atom is 0.311 e. The lowest BCUT2D eigenvalue weighted by atomic mass is 9.81. The predicted molar refractivity (Wildman–Crippen MR) is 66.4 cm³/mol. The van der Waals surface area contributed by atoms with E-state index in [1.807, 2.05) is 11.0 Å². The number of anilines is 1. The second-order valence-corrected chi connectivity index (χ2v) is 5.27. The Morgan fingerprint density at radius 2 is 2.32 bits per heavy atom. The molecule has 0 radical (unpaired) electrons. The zero-order chi connectivity index (χ0) is 13.5. The summed E-state index contributed by atoms with van der Waals surface area (Å²) >= 11 is 0. The highest BCUT2D eigenvalue weighted by Crippen LogP contribution is 2.49. The molecular weight excluding hydrogens is 244 g/mol. The molecule has 98 valence electrons. The number of fused-ring (bicyclic) bond motifs is 1. The molecule has 19 heavy (non-hydrogen) atoms. The van der Waals surface area contributed by atoms with Crippen LogP contribution in [0, 0.1) is 22.7 Å². The number of carboxylic acids is 1. The van der Waals surface area contributed by atoms with Crippen molar-refractivity contribution in [3.8, 4) is 6.07 Å². The molecule has 2 aliphatic rings. The molecule has 1 N–H and O–H groups in total. The highest BCUT2D eigenvalue weighted by atomic mass is 16.4. The Hall–Kier alpha value is -2.16. The highest BCUT2D eigenvalue weighted by molar-refractivity contribution is 5.78. The van der Waals surface area contributed by atoms with Crippen molar-refractivity contribution in [2.75, 3.05) is 18.0 Å². The van der Waals surface area contributed by atoms with E-state index in [1.165, 1.54) is 12.4 Å². The van der Waals surface area contributed by atoms with Crippen LogP contribution in [-0.4, -0.2) is 34.1 Å². The van der Waals surface area contributed by atoms with Crippen molar-refractivity contribution in [1.29, 1.82) is 5.26 Å². The smallest absolute Gasteiger partial charge is 0.311 e. The quantitative estimate of drug-likeness (QED) is 0.852. The van der Waals surface area contributed by atoms with Crippen LogP contribution in [0.4, 0.5) is 5.82 Å². The molecule has 0 bridgehead atoms. The fourth-order valence-corrected chi connectivity index (χ4v) is 3.44. The Bertz CT molecular complexity index is 568. The average Bonchev–Trinajstić information content (AvgIpc) is 2.96.